The largest absolute Gasteiger partial charge is 0.452 e. The third-order valence-corrected chi connectivity index (χ3v) is 3.04. The maximum Gasteiger partial charge on any atom is 0.421 e. The molecular formula is C6H13IN2O4S. The molecule has 6 nitrogen and oxygen atoms in total. The molecule has 0 aliphatic carbocycles. The molecule has 0 aliphatic heterocycles. The van der Waals surface area contributed by atoms with Crippen molar-refractivity contribution in [3.63, 3.8) is 0 Å². The van der Waals surface area contributed by atoms with Gasteiger partial charge in [-0.05, 0) is 17.3 Å². The Morgan fingerprint density at radius 2 is 2.07 bits per heavy atom. The van der Waals surface area contributed by atoms with Gasteiger partial charge in [-0.3, -0.25) is 0 Å². The van der Waals surface area contributed by atoms with E-state index in [0.717, 1.165) is 24.4 Å². The lowest BCUT2D eigenvalue weighted by Gasteiger charge is -2.06. The van der Waals surface area contributed by atoms with Crippen LogP contribution in [-0.2, 0) is 14.9 Å². The van der Waals surface area contributed by atoms with E-state index >= 15 is 0 Å². The van der Waals surface area contributed by atoms with Crippen LogP contribution in [0.5, 0.6) is 0 Å². The molecule has 0 saturated heterocycles. The summed E-state index contributed by atoms with van der Waals surface area (Å²) in [5.41, 5.74) is 0. The zero-order chi connectivity index (χ0) is 11.0. The Hall–Kier alpha value is -0.0900. The van der Waals surface area contributed by atoms with Crippen LogP contribution < -0.4 is 9.44 Å². The minimum Gasteiger partial charge on any atom is -0.452 e. The maximum atomic E-state index is 11.0. The average molecular weight is 336 g/mol. The summed E-state index contributed by atoms with van der Waals surface area (Å²) in [6.45, 7) is 0.315. The molecule has 0 aromatic carbocycles. The van der Waals surface area contributed by atoms with Gasteiger partial charge >= 0.3 is 16.3 Å². The lowest BCUT2D eigenvalue weighted by Crippen LogP contribution is -2.40. The second kappa shape index (κ2) is 7.23. The van der Waals surface area contributed by atoms with Crippen LogP contribution in [0.2, 0.25) is 0 Å². The van der Waals surface area contributed by atoms with Crippen molar-refractivity contribution >= 4 is 38.9 Å². The molecular weight excluding hydrogens is 323 g/mol. The Labute approximate surface area is 97.1 Å². The maximum absolute atomic E-state index is 11.0. The number of rotatable bonds is 6. The van der Waals surface area contributed by atoms with E-state index in [1.54, 1.807) is 4.72 Å². The normalized spacial score (nSPS) is 11.0. The fraction of sp³-hybridized carbons (Fsp3) is 0.833. The molecule has 0 bridgehead atoms. The van der Waals surface area contributed by atoms with Crippen LogP contribution >= 0.6 is 22.6 Å². The van der Waals surface area contributed by atoms with Gasteiger partial charge in [0.25, 0.3) is 0 Å². The van der Waals surface area contributed by atoms with Crippen molar-refractivity contribution in [1.29, 1.82) is 0 Å². The molecule has 1 amide bonds. The number of ether oxygens (including phenoxy) is 1. The summed E-state index contributed by atoms with van der Waals surface area (Å²) >= 11 is 2.21. The second-order valence-corrected chi connectivity index (χ2v) is 4.97. The first-order valence-electron chi connectivity index (χ1n) is 3.93. The molecule has 0 saturated carbocycles. The number of hydrogen-bond acceptors (Lipinski definition) is 4. The highest BCUT2D eigenvalue weighted by atomic mass is 127. The predicted molar refractivity (Wildman–Crippen MR) is 60.6 cm³/mol. The summed E-state index contributed by atoms with van der Waals surface area (Å²) in [6.07, 6.45) is 0.679. The van der Waals surface area contributed by atoms with Crippen molar-refractivity contribution < 1.29 is 17.9 Å². The van der Waals surface area contributed by atoms with Crippen molar-refractivity contribution in [3.8, 4) is 0 Å². The summed E-state index contributed by atoms with van der Waals surface area (Å²) in [5.74, 6) is 0. The van der Waals surface area contributed by atoms with E-state index in [9.17, 15) is 13.2 Å². The highest BCUT2D eigenvalue weighted by Gasteiger charge is 2.12. The van der Waals surface area contributed by atoms with Gasteiger partial charge in [-0.1, -0.05) is 22.6 Å². The number of alkyl halides is 1. The summed E-state index contributed by atoms with van der Waals surface area (Å²) in [4.78, 5) is 10.6. The first-order chi connectivity index (χ1) is 6.52. The number of carbonyl (C=O) groups excluding carboxylic acids is 1. The SMILES string of the molecule is COC(=O)NS(=O)(=O)NCCCCI. The predicted octanol–water partition coefficient (Wildman–Crippen LogP) is 0.392. The topological polar surface area (TPSA) is 84.5 Å². The minimum atomic E-state index is -3.75. The van der Waals surface area contributed by atoms with Crippen molar-refractivity contribution in [2.45, 2.75) is 12.8 Å². The smallest absolute Gasteiger partial charge is 0.421 e. The van der Waals surface area contributed by atoms with Gasteiger partial charge in [0, 0.05) is 6.54 Å². The summed E-state index contributed by atoms with van der Waals surface area (Å²) in [7, 11) is -2.65. The number of nitrogens with one attached hydrogen (secondary N) is 2. The number of amides is 1. The van der Waals surface area contributed by atoms with E-state index in [2.05, 4.69) is 32.0 Å². The van der Waals surface area contributed by atoms with Crippen LogP contribution in [0.15, 0.2) is 0 Å². The first-order valence-corrected chi connectivity index (χ1v) is 6.94. The Balaban J connectivity index is 3.79. The van der Waals surface area contributed by atoms with E-state index in [1.807, 2.05) is 0 Å². The fourth-order valence-electron chi connectivity index (χ4n) is 0.613. The van der Waals surface area contributed by atoms with Crippen LogP contribution in [0.1, 0.15) is 12.8 Å². The van der Waals surface area contributed by atoms with Crippen LogP contribution in [-0.4, -0.2) is 32.6 Å². The highest BCUT2D eigenvalue weighted by Crippen LogP contribution is 1.93. The van der Waals surface area contributed by atoms with E-state index in [1.165, 1.54) is 0 Å². The number of unbranched alkanes of at least 4 members (excludes halogenated alkanes) is 1. The van der Waals surface area contributed by atoms with Gasteiger partial charge in [0.2, 0.25) is 0 Å². The van der Waals surface area contributed by atoms with Gasteiger partial charge < -0.3 is 4.74 Å². The van der Waals surface area contributed by atoms with Gasteiger partial charge in [-0.2, -0.15) is 13.1 Å². The summed E-state index contributed by atoms with van der Waals surface area (Å²) in [6, 6.07) is 0. The van der Waals surface area contributed by atoms with Gasteiger partial charge in [0.05, 0.1) is 7.11 Å². The summed E-state index contributed by atoms with van der Waals surface area (Å²) < 4.78 is 31.1. The average Bonchev–Trinajstić information content (AvgIpc) is 2.12. The standard InChI is InChI=1S/C6H13IN2O4S/c1-13-6(10)9-14(11,12)8-5-3-2-4-7/h8H,2-5H2,1H3,(H,9,10). The van der Waals surface area contributed by atoms with E-state index in [4.69, 9.17) is 0 Å². The lowest BCUT2D eigenvalue weighted by atomic mass is 10.3. The van der Waals surface area contributed by atoms with Gasteiger partial charge in [-0.15, -0.1) is 0 Å². The third kappa shape index (κ3) is 7.33. The van der Waals surface area contributed by atoms with Gasteiger partial charge in [-0.25, -0.2) is 9.52 Å². The molecule has 8 heteroatoms. The van der Waals surface area contributed by atoms with E-state index < -0.39 is 16.3 Å². The number of methoxy groups -OCH3 is 1. The Morgan fingerprint density at radius 1 is 1.43 bits per heavy atom. The van der Waals surface area contributed by atoms with Gasteiger partial charge in [0.15, 0.2) is 0 Å². The Morgan fingerprint density at radius 3 is 2.57 bits per heavy atom. The first kappa shape index (κ1) is 13.9. The van der Waals surface area contributed by atoms with Crippen molar-refractivity contribution in [2.75, 3.05) is 18.1 Å². The van der Waals surface area contributed by atoms with Crippen molar-refractivity contribution in [2.24, 2.45) is 0 Å². The molecule has 0 aromatic heterocycles. The van der Waals surface area contributed by atoms with Gasteiger partial charge in [0.1, 0.15) is 0 Å². The minimum absolute atomic E-state index is 0.315. The molecule has 0 spiro atoms. The molecule has 0 atom stereocenters. The molecule has 2 N–H and O–H groups in total. The quantitative estimate of drug-likeness (QED) is 0.418. The molecule has 0 unspecified atom stereocenters. The molecule has 0 aromatic rings. The monoisotopic (exact) mass is 336 g/mol. The highest BCUT2D eigenvalue weighted by molar-refractivity contribution is 14.1. The Bertz CT molecular complexity index is 267. The van der Waals surface area contributed by atoms with Crippen molar-refractivity contribution in [1.82, 2.24) is 9.44 Å². The molecule has 0 rings (SSSR count). The van der Waals surface area contributed by atoms with Crippen molar-refractivity contribution in [3.05, 3.63) is 0 Å². The Kier molecular flexibility index (Phi) is 7.19. The number of carbonyl (C=O) groups is 1. The molecule has 14 heavy (non-hydrogen) atoms. The van der Waals surface area contributed by atoms with E-state index in [0.29, 0.717) is 6.54 Å². The molecule has 84 valence electrons. The zero-order valence-electron chi connectivity index (χ0n) is 7.75. The lowest BCUT2D eigenvalue weighted by molar-refractivity contribution is 0.177. The van der Waals surface area contributed by atoms with E-state index in [-0.39, 0.29) is 0 Å². The number of hydrogen-bond donors (Lipinski definition) is 2. The van der Waals surface area contributed by atoms with Crippen LogP contribution in [0.25, 0.3) is 0 Å². The molecule has 0 heterocycles. The second-order valence-electron chi connectivity index (χ2n) is 2.39. The molecule has 0 radical (unpaired) electrons. The fourth-order valence-corrected chi connectivity index (χ4v) is 1.94. The molecule has 0 aliphatic rings. The van der Waals surface area contributed by atoms with Crippen LogP contribution in [0.4, 0.5) is 4.79 Å². The third-order valence-electron chi connectivity index (χ3n) is 1.26. The van der Waals surface area contributed by atoms with Crippen LogP contribution in [0.3, 0.4) is 0 Å². The van der Waals surface area contributed by atoms with Crippen LogP contribution in [0, 0.1) is 0 Å². The molecule has 0 fully saturated rings. The summed E-state index contributed by atoms with van der Waals surface area (Å²) in [5, 5.41) is 0. The number of halogens is 1. The zero-order valence-corrected chi connectivity index (χ0v) is 10.7.